The summed E-state index contributed by atoms with van der Waals surface area (Å²) in [5, 5.41) is 9.99. The van der Waals surface area contributed by atoms with Crippen molar-refractivity contribution in [1.82, 2.24) is 4.98 Å². The number of pyridine rings is 1. The predicted molar refractivity (Wildman–Crippen MR) is 105 cm³/mol. The van der Waals surface area contributed by atoms with Crippen molar-refractivity contribution in [3.63, 3.8) is 0 Å². The number of anilines is 2. The Morgan fingerprint density at radius 3 is 2.70 bits per heavy atom. The molecule has 6 nitrogen and oxygen atoms in total. The number of benzene rings is 1. The Morgan fingerprint density at radius 1 is 1.22 bits per heavy atom. The molecule has 0 aliphatic carbocycles. The molecular formula is C20H21ClN4O2. The second-order valence-corrected chi connectivity index (χ2v) is 6.61. The SMILES string of the molecule is CCOC(=O)c1ccc(N2CCCN(c3c(Cl)cccc3C#N)CC2)nc1. The normalized spacial score (nSPS) is 14.4. The van der Waals surface area contributed by atoms with Crippen LogP contribution < -0.4 is 9.80 Å². The molecule has 0 saturated carbocycles. The van der Waals surface area contributed by atoms with Crippen LogP contribution in [0.3, 0.4) is 0 Å². The molecule has 0 N–H and O–H groups in total. The van der Waals surface area contributed by atoms with E-state index >= 15 is 0 Å². The number of nitrogens with zero attached hydrogens (tertiary/aromatic N) is 4. The number of hydrogen-bond acceptors (Lipinski definition) is 6. The molecule has 0 atom stereocenters. The van der Waals surface area contributed by atoms with Crippen LogP contribution in [0.5, 0.6) is 0 Å². The van der Waals surface area contributed by atoms with Crippen LogP contribution in [0.1, 0.15) is 29.3 Å². The van der Waals surface area contributed by atoms with Crippen molar-refractivity contribution in [3.8, 4) is 6.07 Å². The summed E-state index contributed by atoms with van der Waals surface area (Å²) < 4.78 is 4.99. The lowest BCUT2D eigenvalue weighted by molar-refractivity contribution is 0.0526. The maximum absolute atomic E-state index is 11.8. The van der Waals surface area contributed by atoms with Crippen LogP contribution in [0.4, 0.5) is 11.5 Å². The number of hydrogen-bond donors (Lipinski definition) is 0. The summed E-state index contributed by atoms with van der Waals surface area (Å²) in [5.74, 6) is 0.464. The lowest BCUT2D eigenvalue weighted by Crippen LogP contribution is -2.31. The van der Waals surface area contributed by atoms with E-state index in [0.717, 1.165) is 44.1 Å². The van der Waals surface area contributed by atoms with E-state index in [1.165, 1.54) is 0 Å². The smallest absolute Gasteiger partial charge is 0.339 e. The van der Waals surface area contributed by atoms with Crippen LogP contribution in [0.15, 0.2) is 36.5 Å². The van der Waals surface area contributed by atoms with E-state index in [-0.39, 0.29) is 5.97 Å². The number of halogens is 1. The van der Waals surface area contributed by atoms with Crippen LogP contribution in [-0.4, -0.2) is 43.7 Å². The van der Waals surface area contributed by atoms with Gasteiger partial charge in [0.05, 0.1) is 28.4 Å². The van der Waals surface area contributed by atoms with E-state index in [2.05, 4.69) is 20.9 Å². The summed E-state index contributed by atoms with van der Waals surface area (Å²) in [6.45, 7) is 5.26. The number of rotatable bonds is 4. The fourth-order valence-electron chi connectivity index (χ4n) is 3.21. The molecule has 1 aliphatic rings. The van der Waals surface area contributed by atoms with Gasteiger partial charge in [0.1, 0.15) is 11.9 Å². The first-order valence-electron chi connectivity index (χ1n) is 8.95. The van der Waals surface area contributed by atoms with E-state index in [9.17, 15) is 10.1 Å². The Bertz CT molecular complexity index is 848. The Balaban J connectivity index is 1.72. The third-order valence-corrected chi connectivity index (χ3v) is 4.81. The highest BCUT2D eigenvalue weighted by atomic mass is 35.5. The highest BCUT2D eigenvalue weighted by Gasteiger charge is 2.20. The third-order valence-electron chi connectivity index (χ3n) is 4.50. The van der Waals surface area contributed by atoms with Gasteiger partial charge in [0.15, 0.2) is 0 Å². The number of para-hydroxylation sites is 1. The average Bonchev–Trinajstić information content (AvgIpc) is 2.94. The molecule has 7 heteroatoms. The zero-order chi connectivity index (χ0) is 19.2. The molecule has 1 aliphatic heterocycles. The van der Waals surface area contributed by atoms with Crippen LogP contribution in [0, 0.1) is 11.3 Å². The van der Waals surface area contributed by atoms with E-state index < -0.39 is 0 Å². The predicted octanol–water partition coefficient (Wildman–Crippen LogP) is 3.50. The molecule has 0 spiro atoms. The fraction of sp³-hybridized carbons (Fsp3) is 0.350. The summed E-state index contributed by atoms with van der Waals surface area (Å²) in [7, 11) is 0. The summed E-state index contributed by atoms with van der Waals surface area (Å²) in [6, 6.07) is 11.2. The Hall–Kier alpha value is -2.78. The van der Waals surface area contributed by atoms with Gasteiger partial charge in [-0.25, -0.2) is 9.78 Å². The molecule has 27 heavy (non-hydrogen) atoms. The lowest BCUT2D eigenvalue weighted by atomic mass is 10.1. The number of ether oxygens (including phenoxy) is 1. The van der Waals surface area contributed by atoms with Crippen LogP contribution in [-0.2, 0) is 4.74 Å². The molecule has 2 heterocycles. The minimum atomic E-state index is -0.360. The largest absolute Gasteiger partial charge is 0.462 e. The van der Waals surface area contributed by atoms with Gasteiger partial charge in [0, 0.05) is 32.4 Å². The molecule has 3 rings (SSSR count). The molecular weight excluding hydrogens is 364 g/mol. The standard InChI is InChI=1S/C20H21ClN4O2/c1-2-27-20(26)16-7-8-18(23-14-16)24-9-4-10-25(12-11-24)19-15(13-22)5-3-6-17(19)21/h3,5-8,14H,2,4,9-12H2,1H3. The summed E-state index contributed by atoms with van der Waals surface area (Å²) in [5.41, 5.74) is 1.84. The van der Waals surface area contributed by atoms with Crippen LogP contribution in [0.2, 0.25) is 5.02 Å². The zero-order valence-corrected chi connectivity index (χ0v) is 15.9. The van der Waals surface area contributed by atoms with E-state index in [1.807, 2.05) is 12.1 Å². The maximum Gasteiger partial charge on any atom is 0.339 e. The van der Waals surface area contributed by atoms with Crippen LogP contribution in [0.25, 0.3) is 0 Å². The molecule has 140 valence electrons. The van der Waals surface area contributed by atoms with E-state index in [0.29, 0.717) is 22.8 Å². The Kier molecular flexibility index (Phi) is 6.15. The Labute approximate surface area is 163 Å². The molecule has 1 aromatic carbocycles. The van der Waals surface area contributed by atoms with Gasteiger partial charge < -0.3 is 14.5 Å². The minimum Gasteiger partial charge on any atom is -0.462 e. The van der Waals surface area contributed by atoms with Crippen molar-refractivity contribution >= 4 is 29.1 Å². The van der Waals surface area contributed by atoms with Crippen molar-refractivity contribution in [2.45, 2.75) is 13.3 Å². The van der Waals surface area contributed by atoms with Gasteiger partial charge in [-0.2, -0.15) is 5.26 Å². The number of carbonyl (C=O) groups is 1. The van der Waals surface area contributed by atoms with Crippen molar-refractivity contribution in [3.05, 3.63) is 52.7 Å². The molecule has 0 unspecified atom stereocenters. The second-order valence-electron chi connectivity index (χ2n) is 6.20. The van der Waals surface area contributed by atoms with Gasteiger partial charge in [-0.3, -0.25) is 0 Å². The van der Waals surface area contributed by atoms with Gasteiger partial charge in [-0.1, -0.05) is 17.7 Å². The van der Waals surface area contributed by atoms with Gasteiger partial charge >= 0.3 is 5.97 Å². The molecule has 2 aromatic rings. The number of nitriles is 1. The van der Waals surface area contributed by atoms with Crippen molar-refractivity contribution < 1.29 is 9.53 Å². The molecule has 0 amide bonds. The van der Waals surface area contributed by atoms with Gasteiger partial charge in [-0.15, -0.1) is 0 Å². The highest BCUT2D eigenvalue weighted by molar-refractivity contribution is 6.33. The molecule has 1 saturated heterocycles. The summed E-state index contributed by atoms with van der Waals surface area (Å²) in [4.78, 5) is 20.5. The van der Waals surface area contributed by atoms with Gasteiger partial charge in [0.2, 0.25) is 0 Å². The van der Waals surface area contributed by atoms with E-state index in [4.69, 9.17) is 16.3 Å². The Morgan fingerprint density at radius 2 is 2.00 bits per heavy atom. The second kappa shape index (κ2) is 8.74. The first-order chi connectivity index (χ1) is 13.1. The van der Waals surface area contributed by atoms with Gasteiger partial charge in [0.25, 0.3) is 0 Å². The van der Waals surface area contributed by atoms with Crippen molar-refractivity contribution in [2.75, 3.05) is 42.6 Å². The minimum absolute atomic E-state index is 0.343. The quantitative estimate of drug-likeness (QED) is 0.751. The summed E-state index contributed by atoms with van der Waals surface area (Å²) in [6.07, 6.45) is 2.47. The number of aromatic nitrogens is 1. The topological polar surface area (TPSA) is 69.5 Å². The lowest BCUT2D eigenvalue weighted by Gasteiger charge is -2.25. The average molecular weight is 385 g/mol. The van der Waals surface area contributed by atoms with Crippen molar-refractivity contribution in [2.24, 2.45) is 0 Å². The van der Waals surface area contributed by atoms with Gasteiger partial charge in [-0.05, 0) is 37.6 Å². The molecule has 0 bridgehead atoms. The van der Waals surface area contributed by atoms with Crippen LogP contribution >= 0.6 is 11.6 Å². The first-order valence-corrected chi connectivity index (χ1v) is 9.33. The molecule has 1 fully saturated rings. The monoisotopic (exact) mass is 384 g/mol. The summed E-state index contributed by atoms with van der Waals surface area (Å²) >= 11 is 6.36. The fourth-order valence-corrected chi connectivity index (χ4v) is 3.50. The zero-order valence-electron chi connectivity index (χ0n) is 15.2. The highest BCUT2D eigenvalue weighted by Crippen LogP contribution is 2.30. The molecule has 0 radical (unpaired) electrons. The molecule has 1 aromatic heterocycles. The number of esters is 1. The number of carbonyl (C=O) groups excluding carboxylic acids is 1. The third kappa shape index (κ3) is 4.32. The van der Waals surface area contributed by atoms with Crippen molar-refractivity contribution in [1.29, 1.82) is 5.26 Å². The maximum atomic E-state index is 11.8. The van der Waals surface area contributed by atoms with E-state index in [1.54, 1.807) is 31.3 Å². The first kappa shape index (κ1) is 19.0.